The fraction of sp³-hybridized carbons (Fsp3) is 0.214. The second-order valence-corrected chi connectivity index (χ2v) is 5.07. The van der Waals surface area contributed by atoms with Gasteiger partial charge in [0.25, 0.3) is 0 Å². The van der Waals surface area contributed by atoms with Crippen LogP contribution in [0.1, 0.15) is 21.5 Å². The lowest BCUT2D eigenvalue weighted by Crippen LogP contribution is -2.05. The van der Waals surface area contributed by atoms with Crippen molar-refractivity contribution in [3.63, 3.8) is 0 Å². The summed E-state index contributed by atoms with van der Waals surface area (Å²) >= 11 is 1.41. The van der Waals surface area contributed by atoms with Crippen LogP contribution in [0.5, 0.6) is 0 Å². The maximum absolute atomic E-state index is 12.1. The van der Waals surface area contributed by atoms with Gasteiger partial charge in [0, 0.05) is 18.0 Å². The minimum atomic E-state index is 0.128. The van der Waals surface area contributed by atoms with E-state index in [1.807, 2.05) is 32.0 Å². The van der Waals surface area contributed by atoms with E-state index in [4.69, 9.17) is 0 Å². The van der Waals surface area contributed by atoms with Crippen molar-refractivity contribution in [1.82, 2.24) is 9.97 Å². The Kier molecular flexibility index (Phi) is 4.10. The SMILES string of the molecule is Cc1ccc(C(=O)CSc2cnccn2)c(C)c1. The number of carbonyl (C=O) groups excluding carboxylic acids is 1. The van der Waals surface area contributed by atoms with E-state index in [0.29, 0.717) is 5.75 Å². The number of aryl methyl sites for hydroxylation is 2. The van der Waals surface area contributed by atoms with E-state index in [0.717, 1.165) is 16.2 Å². The van der Waals surface area contributed by atoms with Gasteiger partial charge < -0.3 is 0 Å². The molecule has 2 aromatic rings. The number of rotatable bonds is 4. The first-order chi connectivity index (χ1) is 8.66. The molecular weight excluding hydrogens is 244 g/mol. The number of aromatic nitrogens is 2. The molecule has 0 saturated carbocycles. The summed E-state index contributed by atoms with van der Waals surface area (Å²) in [6.07, 6.45) is 4.92. The fourth-order valence-electron chi connectivity index (χ4n) is 1.70. The van der Waals surface area contributed by atoms with Gasteiger partial charge in [-0.1, -0.05) is 35.5 Å². The summed E-state index contributed by atoms with van der Waals surface area (Å²) < 4.78 is 0. The molecule has 0 saturated heterocycles. The summed E-state index contributed by atoms with van der Waals surface area (Å²) in [5.74, 6) is 0.519. The highest BCUT2D eigenvalue weighted by Gasteiger charge is 2.09. The maximum atomic E-state index is 12.1. The van der Waals surface area contributed by atoms with Crippen molar-refractivity contribution >= 4 is 17.5 Å². The lowest BCUT2D eigenvalue weighted by atomic mass is 10.0. The van der Waals surface area contributed by atoms with Crippen LogP contribution in [-0.2, 0) is 0 Å². The van der Waals surface area contributed by atoms with Gasteiger partial charge in [-0.2, -0.15) is 0 Å². The fourth-order valence-corrected chi connectivity index (χ4v) is 2.41. The molecule has 0 atom stereocenters. The van der Waals surface area contributed by atoms with Crippen molar-refractivity contribution < 1.29 is 4.79 Å². The third-order valence-corrected chi connectivity index (χ3v) is 3.49. The molecule has 0 N–H and O–H groups in total. The molecule has 0 spiro atoms. The molecule has 0 bridgehead atoms. The number of hydrogen-bond acceptors (Lipinski definition) is 4. The van der Waals surface area contributed by atoms with Gasteiger partial charge in [0.15, 0.2) is 5.78 Å². The normalized spacial score (nSPS) is 10.3. The van der Waals surface area contributed by atoms with Gasteiger partial charge in [0.2, 0.25) is 0 Å². The molecule has 0 fully saturated rings. The van der Waals surface area contributed by atoms with Crippen molar-refractivity contribution in [2.45, 2.75) is 18.9 Å². The molecule has 0 aliphatic heterocycles. The summed E-state index contributed by atoms with van der Waals surface area (Å²) in [5.41, 5.74) is 2.99. The van der Waals surface area contributed by atoms with Crippen LogP contribution in [0.2, 0.25) is 0 Å². The van der Waals surface area contributed by atoms with E-state index in [1.165, 1.54) is 17.3 Å². The average Bonchev–Trinajstić information content (AvgIpc) is 2.37. The van der Waals surface area contributed by atoms with Crippen molar-refractivity contribution in [2.75, 3.05) is 5.75 Å². The van der Waals surface area contributed by atoms with Crippen LogP contribution in [0.4, 0.5) is 0 Å². The number of hydrogen-bond donors (Lipinski definition) is 0. The van der Waals surface area contributed by atoms with Crippen LogP contribution < -0.4 is 0 Å². The Morgan fingerprint density at radius 1 is 1.28 bits per heavy atom. The second-order valence-electron chi connectivity index (χ2n) is 4.07. The van der Waals surface area contributed by atoms with Crippen LogP contribution in [0, 0.1) is 13.8 Å². The molecule has 2 rings (SSSR count). The summed E-state index contributed by atoms with van der Waals surface area (Å²) in [6.45, 7) is 3.99. The Bertz CT molecular complexity index is 555. The van der Waals surface area contributed by atoms with Crippen LogP contribution in [0.25, 0.3) is 0 Å². The molecular formula is C14H14N2OS. The van der Waals surface area contributed by atoms with Crippen molar-refractivity contribution in [3.8, 4) is 0 Å². The Balaban J connectivity index is 2.04. The van der Waals surface area contributed by atoms with Gasteiger partial charge in [-0.05, 0) is 19.4 Å². The van der Waals surface area contributed by atoms with Crippen LogP contribution in [-0.4, -0.2) is 21.5 Å². The van der Waals surface area contributed by atoms with Gasteiger partial charge in [0.05, 0.1) is 11.9 Å². The molecule has 0 aliphatic carbocycles. The highest BCUT2D eigenvalue weighted by molar-refractivity contribution is 7.99. The minimum absolute atomic E-state index is 0.128. The molecule has 18 heavy (non-hydrogen) atoms. The zero-order valence-electron chi connectivity index (χ0n) is 10.4. The highest BCUT2D eigenvalue weighted by Crippen LogP contribution is 2.17. The van der Waals surface area contributed by atoms with E-state index < -0.39 is 0 Å². The summed E-state index contributed by atoms with van der Waals surface area (Å²) in [5, 5.41) is 0.774. The molecule has 92 valence electrons. The third kappa shape index (κ3) is 3.17. The van der Waals surface area contributed by atoms with Crippen molar-refractivity contribution in [3.05, 3.63) is 53.5 Å². The van der Waals surface area contributed by atoms with Gasteiger partial charge in [-0.25, -0.2) is 4.98 Å². The number of Topliss-reactive ketones (excluding diaryl/α,β-unsaturated/α-hetero) is 1. The van der Waals surface area contributed by atoms with Crippen LogP contribution in [0.3, 0.4) is 0 Å². The van der Waals surface area contributed by atoms with Crippen LogP contribution in [0.15, 0.2) is 41.8 Å². The zero-order valence-corrected chi connectivity index (χ0v) is 11.2. The van der Waals surface area contributed by atoms with Gasteiger partial charge in [-0.3, -0.25) is 9.78 Å². The first kappa shape index (κ1) is 12.8. The zero-order chi connectivity index (χ0) is 13.0. The van der Waals surface area contributed by atoms with E-state index in [1.54, 1.807) is 18.6 Å². The molecule has 0 aliphatic rings. The van der Waals surface area contributed by atoms with E-state index in [9.17, 15) is 4.79 Å². The summed E-state index contributed by atoms with van der Waals surface area (Å²) in [6, 6.07) is 5.89. The number of thioether (sulfide) groups is 1. The van der Waals surface area contributed by atoms with Crippen molar-refractivity contribution in [2.24, 2.45) is 0 Å². The lowest BCUT2D eigenvalue weighted by molar-refractivity contribution is 0.102. The second kappa shape index (κ2) is 5.78. The molecule has 0 radical (unpaired) electrons. The molecule has 3 nitrogen and oxygen atoms in total. The maximum Gasteiger partial charge on any atom is 0.173 e. The average molecular weight is 258 g/mol. The predicted octanol–water partition coefficient (Wildman–Crippen LogP) is 3.07. The Hall–Kier alpha value is -1.68. The third-order valence-electron chi connectivity index (χ3n) is 2.57. The Morgan fingerprint density at radius 3 is 2.78 bits per heavy atom. The first-order valence-corrected chi connectivity index (χ1v) is 6.64. The molecule has 1 heterocycles. The Morgan fingerprint density at radius 2 is 2.11 bits per heavy atom. The van der Waals surface area contributed by atoms with Gasteiger partial charge in [-0.15, -0.1) is 0 Å². The molecule has 1 aromatic heterocycles. The van der Waals surface area contributed by atoms with Gasteiger partial charge in [0.1, 0.15) is 5.03 Å². The van der Waals surface area contributed by atoms with Crippen molar-refractivity contribution in [1.29, 1.82) is 0 Å². The largest absolute Gasteiger partial charge is 0.293 e. The number of nitrogens with zero attached hydrogens (tertiary/aromatic N) is 2. The predicted molar refractivity (Wildman–Crippen MR) is 73.0 cm³/mol. The minimum Gasteiger partial charge on any atom is -0.293 e. The monoisotopic (exact) mass is 258 g/mol. The molecule has 0 amide bonds. The summed E-state index contributed by atoms with van der Waals surface area (Å²) in [7, 11) is 0. The molecule has 0 unspecified atom stereocenters. The first-order valence-electron chi connectivity index (χ1n) is 5.66. The standard InChI is InChI=1S/C14H14N2OS/c1-10-3-4-12(11(2)7-10)13(17)9-18-14-8-15-5-6-16-14/h3-8H,9H2,1-2H3. The quantitative estimate of drug-likeness (QED) is 0.624. The lowest BCUT2D eigenvalue weighted by Gasteiger charge is -2.05. The summed E-state index contributed by atoms with van der Waals surface area (Å²) in [4.78, 5) is 20.2. The van der Waals surface area contributed by atoms with E-state index in [-0.39, 0.29) is 5.78 Å². The van der Waals surface area contributed by atoms with E-state index in [2.05, 4.69) is 9.97 Å². The van der Waals surface area contributed by atoms with Gasteiger partial charge >= 0.3 is 0 Å². The molecule has 1 aromatic carbocycles. The number of carbonyl (C=O) groups is 1. The smallest absolute Gasteiger partial charge is 0.173 e. The number of benzene rings is 1. The highest BCUT2D eigenvalue weighted by atomic mass is 32.2. The topological polar surface area (TPSA) is 42.9 Å². The Labute approximate surface area is 111 Å². The molecule has 4 heteroatoms. The van der Waals surface area contributed by atoms with E-state index >= 15 is 0 Å². The van der Waals surface area contributed by atoms with Crippen LogP contribution >= 0.6 is 11.8 Å². The number of ketones is 1.